The molecule has 4 heterocycles. The van der Waals surface area contributed by atoms with Crippen molar-refractivity contribution in [1.82, 2.24) is 19.9 Å². The molecule has 0 spiro atoms. The van der Waals surface area contributed by atoms with Crippen LogP contribution < -0.4 is 0 Å². The molecule has 0 N–H and O–H groups in total. The van der Waals surface area contributed by atoms with Crippen LogP contribution in [-0.4, -0.2) is 33.1 Å². The summed E-state index contributed by atoms with van der Waals surface area (Å²) >= 11 is 7.78. The Bertz CT molecular complexity index is 1370. The van der Waals surface area contributed by atoms with E-state index in [2.05, 4.69) is 32.1 Å². The summed E-state index contributed by atoms with van der Waals surface area (Å²) in [4.78, 5) is 18.3. The third-order valence-electron chi connectivity index (χ3n) is 6.16. The van der Waals surface area contributed by atoms with Crippen LogP contribution in [0.25, 0.3) is 21.5 Å². The van der Waals surface area contributed by atoms with Gasteiger partial charge in [-0.05, 0) is 55.4 Å². The predicted molar refractivity (Wildman–Crippen MR) is 129 cm³/mol. The lowest BCUT2D eigenvalue weighted by Crippen LogP contribution is -2.15. The van der Waals surface area contributed by atoms with E-state index in [-0.39, 0.29) is 5.15 Å². The highest BCUT2D eigenvalue weighted by Crippen LogP contribution is 2.37. The first-order valence-corrected chi connectivity index (χ1v) is 12.3. The number of hydrogen-bond donors (Lipinski definition) is 0. The third-order valence-corrected chi connectivity index (χ3v) is 7.65. The quantitative estimate of drug-likeness (QED) is 0.329. The summed E-state index contributed by atoms with van der Waals surface area (Å²) in [7, 11) is 0. The van der Waals surface area contributed by atoms with E-state index in [1.165, 1.54) is 29.7 Å². The van der Waals surface area contributed by atoms with Gasteiger partial charge in [-0.25, -0.2) is 19.3 Å². The highest BCUT2D eigenvalue weighted by Gasteiger charge is 2.22. The maximum atomic E-state index is 15.0. The highest BCUT2D eigenvalue weighted by molar-refractivity contribution is 7.19. The summed E-state index contributed by atoms with van der Waals surface area (Å²) in [6, 6.07) is 8.86. The van der Waals surface area contributed by atoms with Gasteiger partial charge in [-0.1, -0.05) is 17.7 Å². The van der Waals surface area contributed by atoms with E-state index in [9.17, 15) is 5.26 Å². The summed E-state index contributed by atoms with van der Waals surface area (Å²) in [6.45, 7) is 1.68. The molecule has 9 heteroatoms. The van der Waals surface area contributed by atoms with E-state index in [4.69, 9.17) is 16.3 Å². The molecule has 172 valence electrons. The first-order chi connectivity index (χ1) is 16.6. The topological polar surface area (TPSA) is 84.6 Å². The molecule has 3 aromatic heterocycles. The van der Waals surface area contributed by atoms with Crippen molar-refractivity contribution in [2.45, 2.75) is 31.6 Å². The normalized spacial score (nSPS) is 15.3. The predicted octanol–water partition coefficient (Wildman–Crippen LogP) is 5.96. The molecular weight excluding hydrogens is 473 g/mol. The van der Waals surface area contributed by atoms with Crippen molar-refractivity contribution in [3.63, 3.8) is 0 Å². The van der Waals surface area contributed by atoms with Gasteiger partial charge in [0.25, 0.3) is 0 Å². The fraction of sp³-hybridized carbons (Fsp3) is 0.320. The lowest BCUT2D eigenvalue weighted by atomic mass is 9.94. The Hall–Kier alpha value is -2.99. The number of ether oxygens (including phenoxy) is 1. The Balaban J connectivity index is 1.49. The molecule has 0 radical (unpaired) electrons. The van der Waals surface area contributed by atoms with Crippen LogP contribution in [0.1, 0.15) is 41.3 Å². The van der Waals surface area contributed by atoms with Gasteiger partial charge in [0.15, 0.2) is 5.15 Å². The lowest BCUT2D eigenvalue weighted by Gasteiger charge is -2.21. The Kier molecular flexibility index (Phi) is 6.77. The number of benzene rings is 1. The van der Waals surface area contributed by atoms with Gasteiger partial charge in [-0.3, -0.25) is 4.98 Å². The fourth-order valence-corrected chi connectivity index (χ4v) is 5.67. The summed E-state index contributed by atoms with van der Waals surface area (Å²) in [6.07, 6.45) is 8.66. The molecule has 0 aliphatic carbocycles. The van der Waals surface area contributed by atoms with Crippen molar-refractivity contribution in [2.75, 3.05) is 13.2 Å². The van der Waals surface area contributed by atoms with Crippen molar-refractivity contribution >= 4 is 33.2 Å². The molecule has 1 unspecified atom stereocenters. The molecule has 0 saturated carbocycles. The number of halogens is 2. The average molecular weight is 494 g/mol. The third kappa shape index (κ3) is 4.64. The van der Waals surface area contributed by atoms with Gasteiger partial charge in [-0.15, -0.1) is 11.3 Å². The van der Waals surface area contributed by atoms with Crippen LogP contribution in [0, 0.1) is 23.1 Å². The number of nitrogens with zero attached hydrogens (tertiary/aromatic N) is 5. The van der Waals surface area contributed by atoms with Crippen molar-refractivity contribution in [3.8, 4) is 17.3 Å². The van der Waals surface area contributed by atoms with E-state index in [1.54, 1.807) is 23.5 Å². The minimum atomic E-state index is -0.781. The molecule has 5 rings (SSSR count). The minimum Gasteiger partial charge on any atom is -0.381 e. The number of fused-ring (bicyclic) bond motifs is 1. The SMILES string of the molecule is N#CC(c1ccc(F)c(-c2ncnc3cc(CCC4CCOCC4)sc23)c1)c1nccnc1Cl. The second kappa shape index (κ2) is 10.1. The zero-order valence-electron chi connectivity index (χ0n) is 18.2. The largest absolute Gasteiger partial charge is 0.381 e. The van der Waals surface area contributed by atoms with Crippen molar-refractivity contribution in [3.05, 3.63) is 70.1 Å². The first kappa shape index (κ1) is 22.8. The number of nitriles is 1. The van der Waals surface area contributed by atoms with E-state index in [0.717, 1.165) is 49.1 Å². The zero-order chi connectivity index (χ0) is 23.5. The standard InChI is InChI=1S/C25H21ClFN5OS/c26-25-23(29-7-8-30-25)19(13-28)16-2-4-20(27)18(11-16)22-24-21(31-14-32-22)12-17(34-24)3-1-15-5-9-33-10-6-15/h2,4,7-8,11-12,14-15,19H,1,3,5-6,9-10H2. The lowest BCUT2D eigenvalue weighted by molar-refractivity contribution is 0.0641. The molecule has 1 atom stereocenters. The fourth-order valence-electron chi connectivity index (χ4n) is 4.32. The molecule has 0 amide bonds. The maximum absolute atomic E-state index is 15.0. The zero-order valence-corrected chi connectivity index (χ0v) is 19.8. The molecule has 1 fully saturated rings. The van der Waals surface area contributed by atoms with Crippen LogP contribution in [0.5, 0.6) is 0 Å². The van der Waals surface area contributed by atoms with Gasteiger partial charge in [-0.2, -0.15) is 5.26 Å². The number of thiophene rings is 1. The van der Waals surface area contributed by atoms with Gasteiger partial charge in [0, 0.05) is 36.0 Å². The second-order valence-corrected chi connectivity index (χ2v) is 9.77. The van der Waals surface area contributed by atoms with Crippen LogP contribution in [0.15, 0.2) is 43.0 Å². The van der Waals surface area contributed by atoms with E-state index >= 15 is 4.39 Å². The average Bonchev–Trinajstić information content (AvgIpc) is 3.29. The Morgan fingerprint density at radius 3 is 2.76 bits per heavy atom. The summed E-state index contributed by atoms with van der Waals surface area (Å²) in [5, 5.41) is 9.98. The van der Waals surface area contributed by atoms with Gasteiger partial charge in [0.1, 0.15) is 18.1 Å². The Morgan fingerprint density at radius 2 is 1.97 bits per heavy atom. The van der Waals surface area contributed by atoms with Crippen LogP contribution in [0.2, 0.25) is 5.15 Å². The Labute approximate surface area is 205 Å². The molecule has 1 aliphatic rings. The summed E-state index contributed by atoms with van der Waals surface area (Å²) in [5.41, 5.74) is 2.56. The number of aromatic nitrogens is 4. The van der Waals surface area contributed by atoms with Crippen molar-refractivity contribution in [2.24, 2.45) is 5.92 Å². The molecule has 1 aliphatic heterocycles. The summed E-state index contributed by atoms with van der Waals surface area (Å²) in [5.74, 6) is -0.520. The molecule has 1 aromatic carbocycles. The Morgan fingerprint density at radius 1 is 1.15 bits per heavy atom. The van der Waals surface area contributed by atoms with Gasteiger partial charge in [0.05, 0.1) is 27.7 Å². The van der Waals surface area contributed by atoms with Gasteiger partial charge in [0.2, 0.25) is 0 Å². The highest BCUT2D eigenvalue weighted by atomic mass is 35.5. The van der Waals surface area contributed by atoms with Crippen LogP contribution in [0.3, 0.4) is 0 Å². The van der Waals surface area contributed by atoms with Crippen molar-refractivity contribution < 1.29 is 9.13 Å². The first-order valence-electron chi connectivity index (χ1n) is 11.1. The molecule has 0 bridgehead atoms. The number of hydrogen-bond acceptors (Lipinski definition) is 7. The van der Waals surface area contributed by atoms with E-state index < -0.39 is 11.7 Å². The monoisotopic (exact) mass is 493 g/mol. The number of aryl methyl sites for hydroxylation is 1. The van der Waals surface area contributed by atoms with E-state index in [0.29, 0.717) is 28.4 Å². The maximum Gasteiger partial charge on any atom is 0.152 e. The molecule has 1 saturated heterocycles. The van der Waals surface area contributed by atoms with Crippen LogP contribution in [-0.2, 0) is 11.2 Å². The number of rotatable bonds is 6. The van der Waals surface area contributed by atoms with Gasteiger partial charge < -0.3 is 4.74 Å². The van der Waals surface area contributed by atoms with Gasteiger partial charge >= 0.3 is 0 Å². The van der Waals surface area contributed by atoms with Crippen LogP contribution >= 0.6 is 22.9 Å². The van der Waals surface area contributed by atoms with Crippen LogP contribution in [0.4, 0.5) is 4.39 Å². The molecule has 34 heavy (non-hydrogen) atoms. The smallest absolute Gasteiger partial charge is 0.152 e. The van der Waals surface area contributed by atoms with Crippen molar-refractivity contribution in [1.29, 1.82) is 5.26 Å². The molecule has 4 aromatic rings. The molecule has 6 nitrogen and oxygen atoms in total. The molecular formula is C25H21ClFN5OS. The minimum absolute atomic E-state index is 0.150. The second-order valence-electron chi connectivity index (χ2n) is 8.28. The van der Waals surface area contributed by atoms with E-state index in [1.807, 2.05) is 0 Å². The summed E-state index contributed by atoms with van der Waals surface area (Å²) < 4.78 is 21.3.